The van der Waals surface area contributed by atoms with Crippen molar-refractivity contribution in [3.05, 3.63) is 35.4 Å². The maximum atomic E-state index is 13.0. The second kappa shape index (κ2) is 6.58. The molecule has 0 aromatic heterocycles. The molecular weight excluding hydrogens is 264 g/mol. The predicted molar refractivity (Wildman–Crippen MR) is 81.9 cm³/mol. The Morgan fingerprint density at radius 1 is 1.29 bits per heavy atom. The van der Waals surface area contributed by atoms with Gasteiger partial charge >= 0.3 is 0 Å². The van der Waals surface area contributed by atoms with Crippen molar-refractivity contribution < 1.29 is 9.90 Å². The molecule has 3 rings (SSSR count). The Balaban J connectivity index is 1.83. The molecule has 0 spiro atoms. The fraction of sp³-hybridized carbons (Fsp3) is 0.588. The number of hydrogen-bond acceptors (Lipinski definition) is 3. The van der Waals surface area contributed by atoms with Gasteiger partial charge in [-0.25, -0.2) is 0 Å². The van der Waals surface area contributed by atoms with E-state index in [1.165, 1.54) is 18.4 Å². The second-order valence-corrected chi connectivity index (χ2v) is 6.08. The first-order valence-corrected chi connectivity index (χ1v) is 8.01. The van der Waals surface area contributed by atoms with Crippen molar-refractivity contribution in [2.75, 3.05) is 19.7 Å². The van der Waals surface area contributed by atoms with Crippen LogP contribution in [0.1, 0.15) is 42.7 Å². The fourth-order valence-electron chi connectivity index (χ4n) is 3.71. The van der Waals surface area contributed by atoms with E-state index in [2.05, 4.69) is 17.4 Å². The van der Waals surface area contributed by atoms with Crippen LogP contribution >= 0.6 is 0 Å². The molecule has 0 bridgehead atoms. The third-order valence-corrected chi connectivity index (χ3v) is 4.78. The molecule has 1 aromatic carbocycles. The van der Waals surface area contributed by atoms with Crippen molar-refractivity contribution in [3.8, 4) is 0 Å². The number of rotatable bonds is 4. The largest absolute Gasteiger partial charge is 0.395 e. The van der Waals surface area contributed by atoms with Crippen LogP contribution in [0.25, 0.3) is 0 Å². The maximum absolute atomic E-state index is 13.0. The smallest absolute Gasteiger partial charge is 0.231 e. The van der Waals surface area contributed by atoms with Gasteiger partial charge in [-0.05, 0) is 24.0 Å². The summed E-state index contributed by atoms with van der Waals surface area (Å²) < 4.78 is 0. The lowest BCUT2D eigenvalue weighted by Gasteiger charge is -2.34. The highest BCUT2D eigenvalue weighted by Crippen LogP contribution is 2.30. The quantitative estimate of drug-likeness (QED) is 0.885. The molecule has 1 atom stereocenters. The lowest BCUT2D eigenvalue weighted by atomic mass is 9.89. The van der Waals surface area contributed by atoms with Crippen LogP contribution in [-0.2, 0) is 11.3 Å². The van der Waals surface area contributed by atoms with E-state index < -0.39 is 0 Å². The van der Waals surface area contributed by atoms with E-state index >= 15 is 0 Å². The van der Waals surface area contributed by atoms with Crippen molar-refractivity contribution in [3.63, 3.8) is 0 Å². The summed E-state index contributed by atoms with van der Waals surface area (Å²) in [7, 11) is 0. The van der Waals surface area contributed by atoms with E-state index in [1.54, 1.807) is 0 Å². The van der Waals surface area contributed by atoms with Gasteiger partial charge in [0.15, 0.2) is 0 Å². The monoisotopic (exact) mass is 288 g/mol. The zero-order valence-corrected chi connectivity index (χ0v) is 12.4. The molecule has 4 nitrogen and oxygen atoms in total. The van der Waals surface area contributed by atoms with Gasteiger partial charge in [0, 0.05) is 25.7 Å². The molecule has 1 fully saturated rings. The van der Waals surface area contributed by atoms with Crippen LogP contribution in [-0.4, -0.2) is 41.7 Å². The minimum atomic E-state index is -0.109. The molecule has 21 heavy (non-hydrogen) atoms. The Morgan fingerprint density at radius 3 is 2.81 bits per heavy atom. The van der Waals surface area contributed by atoms with Gasteiger partial charge in [0.1, 0.15) is 0 Å². The number of nitrogens with zero attached hydrogens (tertiary/aromatic N) is 1. The maximum Gasteiger partial charge on any atom is 0.231 e. The van der Waals surface area contributed by atoms with Gasteiger partial charge in [-0.15, -0.1) is 0 Å². The third kappa shape index (κ3) is 2.97. The standard InChI is InChI=1S/C17H24N2O2/c20-10-9-19(14-6-2-3-7-14)17(21)16-12-18-11-13-5-1-4-8-15(13)16/h1,4-5,8,14,16,18,20H,2-3,6-7,9-12H2. The van der Waals surface area contributed by atoms with Crippen LogP contribution in [0.4, 0.5) is 0 Å². The van der Waals surface area contributed by atoms with E-state index in [0.717, 1.165) is 24.9 Å². The highest BCUT2D eigenvalue weighted by atomic mass is 16.3. The van der Waals surface area contributed by atoms with Crippen LogP contribution in [0, 0.1) is 0 Å². The zero-order chi connectivity index (χ0) is 14.7. The Labute approximate surface area is 126 Å². The number of benzene rings is 1. The van der Waals surface area contributed by atoms with Crippen molar-refractivity contribution in [1.82, 2.24) is 10.2 Å². The number of fused-ring (bicyclic) bond motifs is 1. The lowest BCUT2D eigenvalue weighted by Crippen LogP contribution is -2.46. The number of hydrogen-bond donors (Lipinski definition) is 2. The first-order chi connectivity index (χ1) is 10.3. The summed E-state index contributed by atoms with van der Waals surface area (Å²) in [5.74, 6) is 0.0673. The number of carbonyl (C=O) groups excluding carboxylic acids is 1. The third-order valence-electron chi connectivity index (χ3n) is 4.78. The minimum absolute atomic E-state index is 0.0457. The number of aliphatic hydroxyl groups excluding tert-OH is 1. The topological polar surface area (TPSA) is 52.6 Å². The molecule has 0 radical (unpaired) electrons. The molecule has 1 heterocycles. The van der Waals surface area contributed by atoms with Crippen LogP contribution in [0.15, 0.2) is 24.3 Å². The van der Waals surface area contributed by atoms with Crippen molar-refractivity contribution in [2.45, 2.75) is 44.2 Å². The summed E-state index contributed by atoms with van der Waals surface area (Å²) >= 11 is 0. The van der Waals surface area contributed by atoms with E-state index in [0.29, 0.717) is 19.1 Å². The van der Waals surface area contributed by atoms with Crippen LogP contribution < -0.4 is 5.32 Å². The summed E-state index contributed by atoms with van der Waals surface area (Å²) in [5, 5.41) is 12.7. The summed E-state index contributed by atoms with van der Waals surface area (Å²) in [6.07, 6.45) is 4.54. The normalized spacial score (nSPS) is 22.0. The number of amides is 1. The minimum Gasteiger partial charge on any atom is -0.395 e. The summed E-state index contributed by atoms with van der Waals surface area (Å²) in [6.45, 7) is 2.04. The van der Waals surface area contributed by atoms with Gasteiger partial charge in [-0.2, -0.15) is 0 Å². The zero-order valence-electron chi connectivity index (χ0n) is 12.4. The van der Waals surface area contributed by atoms with Crippen molar-refractivity contribution in [1.29, 1.82) is 0 Å². The molecule has 1 amide bonds. The van der Waals surface area contributed by atoms with Crippen LogP contribution in [0.3, 0.4) is 0 Å². The van der Waals surface area contributed by atoms with E-state index in [1.807, 2.05) is 17.0 Å². The fourth-order valence-corrected chi connectivity index (χ4v) is 3.71. The molecule has 1 aliphatic heterocycles. The van der Waals surface area contributed by atoms with Gasteiger partial charge in [-0.3, -0.25) is 4.79 Å². The van der Waals surface area contributed by atoms with Gasteiger partial charge < -0.3 is 15.3 Å². The Morgan fingerprint density at radius 2 is 2.05 bits per heavy atom. The van der Waals surface area contributed by atoms with E-state index in [9.17, 15) is 9.90 Å². The average molecular weight is 288 g/mol. The SMILES string of the molecule is O=C(C1CNCc2ccccc21)N(CCO)C1CCCC1. The number of nitrogens with one attached hydrogen (secondary N) is 1. The predicted octanol–water partition coefficient (Wildman–Crippen LogP) is 1.64. The van der Waals surface area contributed by atoms with Crippen molar-refractivity contribution in [2.24, 2.45) is 0 Å². The molecular formula is C17H24N2O2. The molecule has 0 saturated heterocycles. The Bertz CT molecular complexity index is 497. The number of carbonyl (C=O) groups is 1. The molecule has 114 valence electrons. The average Bonchev–Trinajstić information content (AvgIpc) is 3.05. The van der Waals surface area contributed by atoms with E-state index in [-0.39, 0.29) is 18.4 Å². The molecule has 2 aliphatic rings. The van der Waals surface area contributed by atoms with Gasteiger partial charge in [-0.1, -0.05) is 37.1 Å². The van der Waals surface area contributed by atoms with Crippen LogP contribution in [0.5, 0.6) is 0 Å². The molecule has 1 saturated carbocycles. The lowest BCUT2D eigenvalue weighted by molar-refractivity contribution is -0.135. The van der Waals surface area contributed by atoms with Gasteiger partial charge in [0.25, 0.3) is 0 Å². The highest BCUT2D eigenvalue weighted by molar-refractivity contribution is 5.85. The van der Waals surface area contributed by atoms with Crippen molar-refractivity contribution >= 4 is 5.91 Å². The number of aliphatic hydroxyl groups is 1. The summed E-state index contributed by atoms with van der Waals surface area (Å²) in [4.78, 5) is 14.9. The highest BCUT2D eigenvalue weighted by Gasteiger charge is 2.33. The first kappa shape index (κ1) is 14.5. The Hall–Kier alpha value is -1.39. The Kier molecular flexibility index (Phi) is 4.56. The van der Waals surface area contributed by atoms with Gasteiger partial charge in [0.05, 0.1) is 12.5 Å². The summed E-state index contributed by atoms with van der Waals surface area (Å²) in [6, 6.07) is 8.52. The molecule has 1 unspecified atom stereocenters. The summed E-state index contributed by atoms with van der Waals surface area (Å²) in [5.41, 5.74) is 2.37. The van der Waals surface area contributed by atoms with Crippen LogP contribution in [0.2, 0.25) is 0 Å². The molecule has 4 heteroatoms. The molecule has 1 aliphatic carbocycles. The molecule has 1 aromatic rings. The first-order valence-electron chi connectivity index (χ1n) is 8.01. The van der Waals surface area contributed by atoms with Gasteiger partial charge in [0.2, 0.25) is 5.91 Å². The molecule has 2 N–H and O–H groups in total. The second-order valence-electron chi connectivity index (χ2n) is 6.08. The van der Waals surface area contributed by atoms with E-state index in [4.69, 9.17) is 0 Å².